The largest absolute Gasteiger partial charge is 0.496 e. The van der Waals surface area contributed by atoms with E-state index in [-0.39, 0.29) is 5.82 Å². The molecule has 0 aromatic heterocycles. The fourth-order valence-corrected chi connectivity index (χ4v) is 2.41. The minimum atomic E-state index is -0.244. The quantitative estimate of drug-likeness (QED) is 0.888. The van der Waals surface area contributed by atoms with Gasteiger partial charge in [-0.1, -0.05) is 24.3 Å². The Balaban J connectivity index is 2.10. The SMILES string of the molecule is COc1ccccc1CN(C)Cc1ccc(F)cc1CN. The fraction of sp³-hybridized carbons (Fsp3) is 0.294. The zero-order valence-electron chi connectivity index (χ0n) is 12.5. The molecule has 0 aliphatic rings. The Morgan fingerprint density at radius 2 is 1.76 bits per heavy atom. The van der Waals surface area contributed by atoms with Gasteiger partial charge in [-0.15, -0.1) is 0 Å². The molecule has 0 heterocycles. The lowest BCUT2D eigenvalue weighted by Gasteiger charge is -2.20. The van der Waals surface area contributed by atoms with E-state index in [1.54, 1.807) is 13.2 Å². The first-order chi connectivity index (χ1) is 10.1. The zero-order chi connectivity index (χ0) is 15.2. The zero-order valence-corrected chi connectivity index (χ0v) is 12.5. The standard InChI is InChI=1S/C17H21FN2O/c1-20(12-14-5-3-4-6-17(14)21-2)11-13-7-8-16(18)9-15(13)10-19/h3-9H,10-12,19H2,1-2H3. The first kappa shape index (κ1) is 15.5. The molecule has 21 heavy (non-hydrogen) atoms. The highest BCUT2D eigenvalue weighted by Gasteiger charge is 2.09. The Morgan fingerprint density at radius 1 is 1.05 bits per heavy atom. The molecule has 2 aromatic rings. The van der Waals surface area contributed by atoms with E-state index >= 15 is 0 Å². The van der Waals surface area contributed by atoms with Crippen molar-refractivity contribution in [3.8, 4) is 5.75 Å². The average Bonchev–Trinajstić information content (AvgIpc) is 2.49. The summed E-state index contributed by atoms with van der Waals surface area (Å²) < 4.78 is 18.6. The molecule has 0 unspecified atom stereocenters. The Morgan fingerprint density at radius 3 is 2.48 bits per heavy atom. The Labute approximate surface area is 125 Å². The van der Waals surface area contributed by atoms with E-state index in [4.69, 9.17) is 10.5 Å². The van der Waals surface area contributed by atoms with Crippen LogP contribution in [0.5, 0.6) is 5.75 Å². The van der Waals surface area contributed by atoms with Crippen molar-refractivity contribution in [2.45, 2.75) is 19.6 Å². The van der Waals surface area contributed by atoms with Crippen molar-refractivity contribution in [1.82, 2.24) is 4.90 Å². The van der Waals surface area contributed by atoms with Crippen molar-refractivity contribution in [3.05, 3.63) is 65.0 Å². The molecule has 2 aromatic carbocycles. The predicted molar refractivity (Wildman–Crippen MR) is 82.5 cm³/mol. The van der Waals surface area contributed by atoms with Crippen LogP contribution in [-0.2, 0) is 19.6 Å². The molecule has 0 saturated carbocycles. The molecule has 112 valence electrons. The van der Waals surface area contributed by atoms with Crippen LogP contribution >= 0.6 is 0 Å². The average molecular weight is 288 g/mol. The molecule has 0 aliphatic heterocycles. The second-order valence-electron chi connectivity index (χ2n) is 5.10. The molecular formula is C17H21FN2O. The molecule has 2 N–H and O–H groups in total. The van der Waals surface area contributed by atoms with Gasteiger partial charge in [-0.05, 0) is 36.4 Å². The number of hydrogen-bond donors (Lipinski definition) is 1. The first-order valence-electron chi connectivity index (χ1n) is 6.92. The fourth-order valence-electron chi connectivity index (χ4n) is 2.41. The molecular weight excluding hydrogens is 267 g/mol. The number of nitrogens with two attached hydrogens (primary N) is 1. The van der Waals surface area contributed by atoms with E-state index < -0.39 is 0 Å². The van der Waals surface area contributed by atoms with Crippen LogP contribution in [-0.4, -0.2) is 19.1 Å². The molecule has 0 atom stereocenters. The number of rotatable bonds is 6. The number of benzene rings is 2. The van der Waals surface area contributed by atoms with Gasteiger partial charge in [0.1, 0.15) is 11.6 Å². The minimum absolute atomic E-state index is 0.244. The van der Waals surface area contributed by atoms with E-state index in [2.05, 4.69) is 4.90 Å². The second-order valence-corrected chi connectivity index (χ2v) is 5.10. The van der Waals surface area contributed by atoms with E-state index in [0.717, 1.165) is 29.0 Å². The summed E-state index contributed by atoms with van der Waals surface area (Å²) in [5.74, 6) is 0.633. The maximum absolute atomic E-state index is 13.2. The monoisotopic (exact) mass is 288 g/mol. The highest BCUT2D eigenvalue weighted by atomic mass is 19.1. The van der Waals surface area contributed by atoms with E-state index in [9.17, 15) is 4.39 Å². The molecule has 0 amide bonds. The van der Waals surface area contributed by atoms with Gasteiger partial charge in [-0.2, -0.15) is 0 Å². The number of hydrogen-bond acceptors (Lipinski definition) is 3. The smallest absolute Gasteiger partial charge is 0.123 e. The highest BCUT2D eigenvalue weighted by molar-refractivity contribution is 5.33. The van der Waals surface area contributed by atoms with Crippen molar-refractivity contribution in [2.24, 2.45) is 5.73 Å². The van der Waals surface area contributed by atoms with Gasteiger partial charge >= 0.3 is 0 Å². The van der Waals surface area contributed by atoms with Gasteiger partial charge in [0, 0.05) is 25.2 Å². The maximum atomic E-state index is 13.2. The van der Waals surface area contributed by atoms with Crippen molar-refractivity contribution < 1.29 is 9.13 Å². The van der Waals surface area contributed by atoms with E-state index in [1.165, 1.54) is 12.1 Å². The van der Waals surface area contributed by atoms with Crippen molar-refractivity contribution in [1.29, 1.82) is 0 Å². The summed E-state index contributed by atoms with van der Waals surface area (Å²) in [5.41, 5.74) is 8.71. The van der Waals surface area contributed by atoms with Crippen molar-refractivity contribution in [2.75, 3.05) is 14.2 Å². The molecule has 3 nitrogen and oxygen atoms in total. The molecule has 0 bridgehead atoms. The number of halogens is 1. The van der Waals surface area contributed by atoms with Gasteiger partial charge < -0.3 is 10.5 Å². The van der Waals surface area contributed by atoms with Crippen LogP contribution in [0.15, 0.2) is 42.5 Å². The van der Waals surface area contributed by atoms with E-state index in [0.29, 0.717) is 13.1 Å². The number of nitrogens with zero attached hydrogens (tertiary/aromatic N) is 1. The number of methoxy groups -OCH3 is 1. The van der Waals surface area contributed by atoms with Gasteiger partial charge in [-0.25, -0.2) is 4.39 Å². The predicted octanol–water partition coefficient (Wildman–Crippen LogP) is 2.93. The molecule has 0 fully saturated rings. The Kier molecular flexibility index (Phi) is 5.31. The third kappa shape index (κ3) is 4.03. The van der Waals surface area contributed by atoms with Gasteiger partial charge in [0.2, 0.25) is 0 Å². The third-order valence-corrected chi connectivity index (χ3v) is 3.46. The van der Waals surface area contributed by atoms with E-state index in [1.807, 2.05) is 31.3 Å². The van der Waals surface area contributed by atoms with Crippen molar-refractivity contribution >= 4 is 0 Å². The Bertz CT molecular complexity index is 601. The number of para-hydroxylation sites is 1. The third-order valence-electron chi connectivity index (χ3n) is 3.46. The number of ether oxygens (including phenoxy) is 1. The lowest BCUT2D eigenvalue weighted by atomic mass is 10.1. The van der Waals surface area contributed by atoms with Crippen LogP contribution in [0.4, 0.5) is 4.39 Å². The minimum Gasteiger partial charge on any atom is -0.496 e. The van der Waals surface area contributed by atoms with Crippen LogP contribution in [0, 0.1) is 5.82 Å². The maximum Gasteiger partial charge on any atom is 0.123 e. The molecule has 4 heteroatoms. The molecule has 2 rings (SSSR count). The molecule has 0 radical (unpaired) electrons. The summed E-state index contributed by atoms with van der Waals surface area (Å²) >= 11 is 0. The van der Waals surface area contributed by atoms with Gasteiger partial charge in [0.15, 0.2) is 0 Å². The highest BCUT2D eigenvalue weighted by Crippen LogP contribution is 2.20. The van der Waals surface area contributed by atoms with Crippen LogP contribution in [0.2, 0.25) is 0 Å². The first-order valence-corrected chi connectivity index (χ1v) is 6.92. The van der Waals surface area contributed by atoms with Crippen LogP contribution in [0.1, 0.15) is 16.7 Å². The lowest BCUT2D eigenvalue weighted by Crippen LogP contribution is -2.19. The second kappa shape index (κ2) is 7.20. The lowest BCUT2D eigenvalue weighted by molar-refractivity contribution is 0.309. The van der Waals surface area contributed by atoms with Crippen LogP contribution in [0.3, 0.4) is 0 Å². The topological polar surface area (TPSA) is 38.5 Å². The van der Waals surface area contributed by atoms with Crippen LogP contribution < -0.4 is 10.5 Å². The molecule has 0 aliphatic carbocycles. The van der Waals surface area contributed by atoms with Gasteiger partial charge in [0.25, 0.3) is 0 Å². The normalized spacial score (nSPS) is 10.9. The summed E-state index contributed by atoms with van der Waals surface area (Å²) in [6, 6.07) is 12.7. The summed E-state index contributed by atoms with van der Waals surface area (Å²) in [6.07, 6.45) is 0. The van der Waals surface area contributed by atoms with Gasteiger partial charge in [-0.3, -0.25) is 4.90 Å². The summed E-state index contributed by atoms with van der Waals surface area (Å²) in [4.78, 5) is 2.16. The summed E-state index contributed by atoms with van der Waals surface area (Å²) in [7, 11) is 3.70. The molecule has 0 spiro atoms. The molecule has 0 saturated heterocycles. The Hall–Kier alpha value is -1.91. The van der Waals surface area contributed by atoms with Gasteiger partial charge in [0.05, 0.1) is 7.11 Å². The van der Waals surface area contributed by atoms with Crippen molar-refractivity contribution in [3.63, 3.8) is 0 Å². The summed E-state index contributed by atoms with van der Waals surface area (Å²) in [6.45, 7) is 1.81. The van der Waals surface area contributed by atoms with Crippen LogP contribution in [0.25, 0.3) is 0 Å². The summed E-state index contributed by atoms with van der Waals surface area (Å²) in [5, 5.41) is 0.